The lowest BCUT2D eigenvalue weighted by Gasteiger charge is -2.31. The molecule has 0 fully saturated rings. The van der Waals surface area contributed by atoms with Crippen molar-refractivity contribution in [2.45, 2.75) is 64.7 Å². The lowest BCUT2D eigenvalue weighted by Crippen LogP contribution is -2.47. The zero-order valence-corrected chi connectivity index (χ0v) is 20.7. The SMILES string of the molecule is CNNC(=O)C(C)(CCCC(C)(C)CSCCO)c1cccc(C(C)CC(=O)OC)c1. The maximum atomic E-state index is 13.1. The quantitative estimate of drug-likeness (QED) is 0.226. The number of thioether (sulfide) groups is 1. The topological polar surface area (TPSA) is 87.7 Å². The number of rotatable bonds is 14. The Hall–Kier alpha value is -1.57. The van der Waals surface area contributed by atoms with Crippen molar-refractivity contribution in [2.75, 3.05) is 32.3 Å². The number of nitrogens with one attached hydrogen (secondary N) is 2. The van der Waals surface area contributed by atoms with E-state index in [4.69, 9.17) is 9.84 Å². The summed E-state index contributed by atoms with van der Waals surface area (Å²) in [6.07, 6.45) is 2.91. The third-order valence-corrected chi connectivity index (χ3v) is 7.25. The summed E-state index contributed by atoms with van der Waals surface area (Å²) in [7, 11) is 3.09. The van der Waals surface area contributed by atoms with Gasteiger partial charge in [0.15, 0.2) is 0 Å². The fourth-order valence-corrected chi connectivity index (χ4v) is 4.66. The molecule has 0 aromatic heterocycles. The minimum absolute atomic E-state index is 0.00601. The van der Waals surface area contributed by atoms with Crippen molar-refractivity contribution in [1.29, 1.82) is 0 Å². The van der Waals surface area contributed by atoms with Gasteiger partial charge in [0.05, 0.1) is 25.6 Å². The largest absolute Gasteiger partial charge is 0.469 e. The molecule has 0 aliphatic heterocycles. The molecule has 1 rings (SSSR count). The van der Waals surface area contributed by atoms with Gasteiger partial charge in [-0.05, 0) is 48.0 Å². The number of hydrogen-bond acceptors (Lipinski definition) is 6. The van der Waals surface area contributed by atoms with Gasteiger partial charge in [-0.3, -0.25) is 15.0 Å². The molecule has 0 saturated carbocycles. The molecule has 0 spiro atoms. The first-order valence-electron chi connectivity index (χ1n) is 10.9. The Balaban J connectivity index is 3.01. The fraction of sp³-hybridized carbons (Fsp3) is 0.667. The monoisotopic (exact) mass is 452 g/mol. The summed E-state index contributed by atoms with van der Waals surface area (Å²) in [5.41, 5.74) is 6.94. The van der Waals surface area contributed by atoms with Crippen LogP contribution in [0.5, 0.6) is 0 Å². The Morgan fingerprint density at radius 3 is 2.55 bits per heavy atom. The van der Waals surface area contributed by atoms with Gasteiger partial charge >= 0.3 is 5.97 Å². The molecule has 0 aliphatic rings. The standard InChI is InChI=1S/C24H40N2O4S/c1-18(15-21(28)30-6)19-9-7-10-20(16-19)24(4,22(29)26-25-5)12-8-11-23(2,3)17-31-14-13-27/h7,9-10,16,18,25,27H,8,11-15,17H2,1-6H3,(H,26,29). The maximum Gasteiger partial charge on any atom is 0.306 e. The van der Waals surface area contributed by atoms with Crippen molar-refractivity contribution in [2.24, 2.45) is 5.41 Å². The summed E-state index contributed by atoms with van der Waals surface area (Å²) in [6, 6.07) is 7.99. The molecule has 31 heavy (non-hydrogen) atoms. The van der Waals surface area contributed by atoms with Crippen LogP contribution in [0.2, 0.25) is 0 Å². The molecule has 1 aromatic rings. The normalized spacial score (nSPS) is 14.5. The summed E-state index contributed by atoms with van der Waals surface area (Å²) in [5, 5.41) is 9.01. The zero-order valence-electron chi connectivity index (χ0n) is 19.9. The molecular weight excluding hydrogens is 412 g/mol. The molecule has 0 aliphatic carbocycles. The average Bonchev–Trinajstić information content (AvgIpc) is 2.73. The molecule has 3 N–H and O–H groups in total. The number of hydrazine groups is 1. The molecule has 6 nitrogen and oxygen atoms in total. The summed E-state index contributed by atoms with van der Waals surface area (Å²) < 4.78 is 4.80. The van der Waals surface area contributed by atoms with Crippen LogP contribution in [0.25, 0.3) is 0 Å². The number of carbonyl (C=O) groups excluding carboxylic acids is 2. The smallest absolute Gasteiger partial charge is 0.306 e. The highest BCUT2D eigenvalue weighted by Gasteiger charge is 2.35. The summed E-state index contributed by atoms with van der Waals surface area (Å²) >= 11 is 1.76. The van der Waals surface area contributed by atoms with Gasteiger partial charge in [0.25, 0.3) is 0 Å². The van der Waals surface area contributed by atoms with Gasteiger partial charge in [-0.15, -0.1) is 0 Å². The third kappa shape index (κ3) is 8.83. The predicted molar refractivity (Wildman–Crippen MR) is 128 cm³/mol. The van der Waals surface area contributed by atoms with Crippen LogP contribution < -0.4 is 10.9 Å². The second kappa shape index (κ2) is 13.1. The van der Waals surface area contributed by atoms with Crippen LogP contribution in [0.3, 0.4) is 0 Å². The van der Waals surface area contributed by atoms with Crippen LogP contribution in [0.4, 0.5) is 0 Å². The van der Waals surface area contributed by atoms with Crippen LogP contribution in [-0.4, -0.2) is 49.3 Å². The van der Waals surface area contributed by atoms with Crippen LogP contribution in [0.15, 0.2) is 24.3 Å². The van der Waals surface area contributed by atoms with E-state index in [1.165, 1.54) is 7.11 Å². The fourth-order valence-electron chi connectivity index (χ4n) is 3.69. The van der Waals surface area contributed by atoms with Gasteiger partial charge in [-0.1, -0.05) is 51.5 Å². The highest BCUT2D eigenvalue weighted by Crippen LogP contribution is 2.35. The second-order valence-corrected chi connectivity index (χ2v) is 10.2. The van der Waals surface area contributed by atoms with Crippen molar-refractivity contribution in [1.82, 2.24) is 10.9 Å². The number of aliphatic hydroxyl groups excluding tert-OH is 1. The number of hydrogen-bond donors (Lipinski definition) is 3. The van der Waals surface area contributed by atoms with E-state index in [1.54, 1.807) is 18.8 Å². The molecule has 1 amide bonds. The van der Waals surface area contributed by atoms with Crippen molar-refractivity contribution >= 4 is 23.6 Å². The van der Waals surface area contributed by atoms with E-state index in [2.05, 4.69) is 24.7 Å². The first kappa shape index (κ1) is 27.5. The average molecular weight is 453 g/mol. The second-order valence-electron chi connectivity index (χ2n) is 9.14. The first-order chi connectivity index (χ1) is 14.6. The van der Waals surface area contributed by atoms with Gasteiger partial charge in [-0.25, -0.2) is 5.43 Å². The van der Waals surface area contributed by atoms with Gasteiger partial charge in [0.1, 0.15) is 0 Å². The highest BCUT2D eigenvalue weighted by atomic mass is 32.2. The Kier molecular flexibility index (Phi) is 11.6. The van der Waals surface area contributed by atoms with Crippen molar-refractivity contribution < 1.29 is 19.4 Å². The minimum atomic E-state index is -0.696. The van der Waals surface area contributed by atoms with Gasteiger partial charge in [0, 0.05) is 12.8 Å². The lowest BCUT2D eigenvalue weighted by molar-refractivity contribution is -0.141. The third-order valence-electron chi connectivity index (χ3n) is 5.79. The summed E-state index contributed by atoms with van der Waals surface area (Å²) in [5.74, 6) is 1.43. The number of esters is 1. The Labute approximate surface area is 191 Å². The highest BCUT2D eigenvalue weighted by molar-refractivity contribution is 7.99. The number of carbonyl (C=O) groups is 2. The molecule has 0 radical (unpaired) electrons. The maximum absolute atomic E-state index is 13.1. The molecule has 176 valence electrons. The summed E-state index contributed by atoms with van der Waals surface area (Å²) in [6.45, 7) is 8.65. The molecule has 0 bridgehead atoms. The Bertz CT molecular complexity index is 711. The number of ether oxygens (including phenoxy) is 1. The minimum Gasteiger partial charge on any atom is -0.469 e. The Morgan fingerprint density at radius 1 is 1.23 bits per heavy atom. The van der Waals surface area contributed by atoms with E-state index in [1.807, 2.05) is 38.1 Å². The van der Waals surface area contributed by atoms with Crippen LogP contribution >= 0.6 is 11.8 Å². The molecule has 1 aromatic carbocycles. The van der Waals surface area contributed by atoms with Crippen molar-refractivity contribution in [3.63, 3.8) is 0 Å². The Morgan fingerprint density at radius 2 is 1.94 bits per heavy atom. The van der Waals surface area contributed by atoms with Crippen LogP contribution in [0, 0.1) is 5.41 Å². The number of aliphatic hydroxyl groups is 1. The van der Waals surface area contributed by atoms with Crippen LogP contribution in [-0.2, 0) is 19.7 Å². The van der Waals surface area contributed by atoms with Gasteiger partial charge in [-0.2, -0.15) is 11.8 Å². The summed E-state index contributed by atoms with van der Waals surface area (Å²) in [4.78, 5) is 24.7. The van der Waals surface area contributed by atoms with E-state index in [9.17, 15) is 9.59 Å². The molecular formula is C24H40N2O4S. The van der Waals surface area contributed by atoms with E-state index in [0.29, 0.717) is 12.8 Å². The molecule has 0 heterocycles. The molecule has 7 heteroatoms. The number of methoxy groups -OCH3 is 1. The number of amides is 1. The van der Waals surface area contributed by atoms with E-state index in [0.717, 1.165) is 35.5 Å². The van der Waals surface area contributed by atoms with Crippen molar-refractivity contribution in [3.8, 4) is 0 Å². The molecule has 2 atom stereocenters. The van der Waals surface area contributed by atoms with E-state index >= 15 is 0 Å². The molecule has 0 saturated heterocycles. The van der Waals surface area contributed by atoms with Gasteiger partial charge < -0.3 is 9.84 Å². The van der Waals surface area contributed by atoms with E-state index < -0.39 is 5.41 Å². The number of benzene rings is 1. The lowest BCUT2D eigenvalue weighted by atomic mass is 9.75. The van der Waals surface area contributed by atoms with Crippen molar-refractivity contribution in [3.05, 3.63) is 35.4 Å². The first-order valence-corrected chi connectivity index (χ1v) is 12.1. The zero-order chi connectivity index (χ0) is 23.5. The predicted octanol–water partition coefficient (Wildman–Crippen LogP) is 3.78. The van der Waals surface area contributed by atoms with Gasteiger partial charge in [0.2, 0.25) is 5.91 Å². The van der Waals surface area contributed by atoms with E-state index in [-0.39, 0.29) is 29.8 Å². The molecule has 2 unspecified atom stereocenters. The van der Waals surface area contributed by atoms with Crippen LogP contribution in [0.1, 0.15) is 70.4 Å².